The van der Waals surface area contributed by atoms with Crippen molar-refractivity contribution in [3.8, 4) is 0 Å². The number of hydrogen-bond acceptors (Lipinski definition) is 2. The summed E-state index contributed by atoms with van der Waals surface area (Å²) in [7, 11) is 0. The second kappa shape index (κ2) is 9.14. The predicted molar refractivity (Wildman–Crippen MR) is 119 cm³/mol. The molecule has 32 heavy (non-hydrogen) atoms. The highest BCUT2D eigenvalue weighted by molar-refractivity contribution is 6.31. The number of likely N-dealkylation sites (tertiary alicyclic amines) is 1. The van der Waals surface area contributed by atoms with Gasteiger partial charge < -0.3 is 10.2 Å². The molecule has 1 saturated heterocycles. The first-order chi connectivity index (χ1) is 14.9. The molecule has 2 aromatic carbocycles. The van der Waals surface area contributed by atoms with Gasteiger partial charge in [0.1, 0.15) is 0 Å². The van der Waals surface area contributed by atoms with Gasteiger partial charge in [0.2, 0.25) is 5.91 Å². The van der Waals surface area contributed by atoms with Crippen LogP contribution in [0.2, 0.25) is 5.02 Å². The fourth-order valence-corrected chi connectivity index (χ4v) is 3.93. The average Bonchev–Trinajstić information content (AvgIpc) is 2.73. The first kappa shape index (κ1) is 24.1. The molecular formula is C24H26ClF3N2O2. The van der Waals surface area contributed by atoms with E-state index in [0.29, 0.717) is 31.5 Å². The molecule has 4 nitrogen and oxygen atoms in total. The number of alkyl halides is 3. The fourth-order valence-electron chi connectivity index (χ4n) is 3.70. The van der Waals surface area contributed by atoms with Gasteiger partial charge >= 0.3 is 6.18 Å². The molecule has 172 valence electrons. The van der Waals surface area contributed by atoms with Gasteiger partial charge in [0, 0.05) is 30.3 Å². The Hall–Kier alpha value is -2.54. The third-order valence-electron chi connectivity index (χ3n) is 5.69. The zero-order valence-electron chi connectivity index (χ0n) is 18.2. The lowest BCUT2D eigenvalue weighted by Gasteiger charge is -2.31. The molecule has 8 heteroatoms. The Morgan fingerprint density at radius 3 is 2.12 bits per heavy atom. The molecule has 0 bridgehead atoms. The third-order valence-corrected chi connectivity index (χ3v) is 6.02. The number of amides is 2. The van der Waals surface area contributed by atoms with Gasteiger partial charge in [-0.25, -0.2) is 0 Å². The van der Waals surface area contributed by atoms with E-state index in [1.165, 1.54) is 6.07 Å². The molecule has 0 unspecified atom stereocenters. The topological polar surface area (TPSA) is 49.4 Å². The number of piperidine rings is 1. The van der Waals surface area contributed by atoms with Crippen molar-refractivity contribution in [1.29, 1.82) is 0 Å². The lowest BCUT2D eigenvalue weighted by molar-refractivity contribution is -0.137. The van der Waals surface area contributed by atoms with Crippen LogP contribution in [-0.4, -0.2) is 29.8 Å². The van der Waals surface area contributed by atoms with Gasteiger partial charge in [0.05, 0.1) is 10.6 Å². The molecule has 2 aromatic rings. The van der Waals surface area contributed by atoms with Crippen LogP contribution in [0.1, 0.15) is 55.1 Å². The number of halogens is 4. The van der Waals surface area contributed by atoms with E-state index in [2.05, 4.69) is 26.1 Å². The van der Waals surface area contributed by atoms with Crippen LogP contribution < -0.4 is 5.32 Å². The highest BCUT2D eigenvalue weighted by Crippen LogP contribution is 2.36. The van der Waals surface area contributed by atoms with Gasteiger partial charge in [-0.2, -0.15) is 13.2 Å². The Kier molecular flexibility index (Phi) is 6.89. The van der Waals surface area contributed by atoms with Crippen LogP contribution in [0.5, 0.6) is 0 Å². The molecule has 1 heterocycles. The summed E-state index contributed by atoms with van der Waals surface area (Å²) in [6, 6.07) is 10.8. The van der Waals surface area contributed by atoms with E-state index in [4.69, 9.17) is 11.6 Å². The summed E-state index contributed by atoms with van der Waals surface area (Å²) in [6.45, 7) is 7.13. The smallest absolute Gasteiger partial charge is 0.339 e. The first-order valence-corrected chi connectivity index (χ1v) is 10.8. The lowest BCUT2D eigenvalue weighted by atomic mass is 9.86. The van der Waals surface area contributed by atoms with Gasteiger partial charge in [0.25, 0.3) is 5.91 Å². The molecule has 0 atom stereocenters. The standard InChI is InChI=1S/C24H26ClF3N2O2/c1-23(2,3)17-6-4-16(5-7-17)22(32)30-12-10-15(11-13-30)21(31)29-18-8-9-20(25)19(14-18)24(26,27)28/h4-9,14-15H,10-13H2,1-3H3,(H,29,31). The number of anilines is 1. The Morgan fingerprint density at radius 1 is 1.00 bits per heavy atom. The molecule has 1 aliphatic heterocycles. The van der Waals surface area contributed by atoms with Crippen LogP contribution in [0.25, 0.3) is 0 Å². The molecule has 1 fully saturated rings. The Labute approximate surface area is 190 Å². The van der Waals surface area contributed by atoms with Crippen molar-refractivity contribution in [2.24, 2.45) is 5.92 Å². The van der Waals surface area contributed by atoms with Gasteiger partial charge in [-0.05, 0) is 54.2 Å². The van der Waals surface area contributed by atoms with Crippen molar-refractivity contribution in [2.45, 2.75) is 45.2 Å². The summed E-state index contributed by atoms with van der Waals surface area (Å²) >= 11 is 5.62. The minimum absolute atomic E-state index is 0.00175. The van der Waals surface area contributed by atoms with E-state index in [9.17, 15) is 22.8 Å². The van der Waals surface area contributed by atoms with Crippen LogP contribution in [-0.2, 0) is 16.4 Å². The van der Waals surface area contributed by atoms with Crippen LogP contribution in [0.4, 0.5) is 18.9 Å². The van der Waals surface area contributed by atoms with E-state index >= 15 is 0 Å². The van der Waals surface area contributed by atoms with Crippen LogP contribution in [0.3, 0.4) is 0 Å². The number of rotatable bonds is 3. The van der Waals surface area contributed by atoms with Crippen LogP contribution >= 0.6 is 11.6 Å². The summed E-state index contributed by atoms with van der Waals surface area (Å²) in [5, 5.41) is 2.13. The molecular weight excluding hydrogens is 441 g/mol. The minimum atomic E-state index is -4.60. The maximum absolute atomic E-state index is 13.0. The summed E-state index contributed by atoms with van der Waals surface area (Å²) < 4.78 is 39.1. The van der Waals surface area contributed by atoms with Crippen molar-refractivity contribution in [2.75, 3.05) is 18.4 Å². The van der Waals surface area contributed by atoms with Gasteiger partial charge in [-0.15, -0.1) is 0 Å². The summed E-state index contributed by atoms with van der Waals surface area (Å²) in [6.07, 6.45) is -3.72. The number of nitrogens with zero attached hydrogens (tertiary/aromatic N) is 1. The summed E-state index contributed by atoms with van der Waals surface area (Å²) in [5.74, 6) is -0.828. The third kappa shape index (κ3) is 5.63. The van der Waals surface area contributed by atoms with Crippen molar-refractivity contribution < 1.29 is 22.8 Å². The molecule has 3 rings (SSSR count). The Bertz CT molecular complexity index is 990. The summed E-state index contributed by atoms with van der Waals surface area (Å²) in [4.78, 5) is 27.1. The highest BCUT2D eigenvalue weighted by Gasteiger charge is 2.34. The van der Waals surface area contributed by atoms with Gasteiger partial charge in [-0.1, -0.05) is 44.5 Å². The molecule has 1 N–H and O–H groups in total. The second-order valence-corrected chi connectivity index (χ2v) is 9.48. The largest absolute Gasteiger partial charge is 0.417 e. The molecule has 2 amide bonds. The molecule has 1 aliphatic rings. The second-order valence-electron chi connectivity index (χ2n) is 9.08. The average molecular weight is 467 g/mol. The normalized spacial score (nSPS) is 15.5. The summed E-state index contributed by atoms with van der Waals surface area (Å²) in [5.41, 5.74) is 0.791. The van der Waals surface area contributed by atoms with E-state index < -0.39 is 16.8 Å². The van der Waals surface area contributed by atoms with Gasteiger partial charge in [-0.3, -0.25) is 9.59 Å². The van der Waals surface area contributed by atoms with E-state index in [1.54, 1.807) is 4.90 Å². The van der Waals surface area contributed by atoms with Crippen molar-refractivity contribution in [3.05, 3.63) is 64.2 Å². The predicted octanol–water partition coefficient (Wildman–Crippen LogP) is 6.15. The lowest BCUT2D eigenvalue weighted by Crippen LogP contribution is -2.41. The number of benzene rings is 2. The SMILES string of the molecule is CC(C)(C)c1ccc(C(=O)N2CCC(C(=O)Nc3ccc(Cl)c(C(F)(F)F)c3)CC2)cc1. The van der Waals surface area contributed by atoms with E-state index in [-0.39, 0.29) is 28.8 Å². The number of nitrogens with one attached hydrogen (secondary N) is 1. The number of carbonyl (C=O) groups is 2. The van der Waals surface area contributed by atoms with Crippen molar-refractivity contribution in [3.63, 3.8) is 0 Å². The fraction of sp³-hybridized carbons (Fsp3) is 0.417. The molecule has 0 saturated carbocycles. The Balaban J connectivity index is 1.58. The molecule has 0 radical (unpaired) electrons. The van der Waals surface area contributed by atoms with Crippen molar-refractivity contribution in [1.82, 2.24) is 4.90 Å². The number of hydrogen-bond donors (Lipinski definition) is 1. The maximum atomic E-state index is 13.0. The Morgan fingerprint density at radius 2 is 1.59 bits per heavy atom. The zero-order valence-corrected chi connectivity index (χ0v) is 19.0. The van der Waals surface area contributed by atoms with E-state index in [1.807, 2.05) is 24.3 Å². The highest BCUT2D eigenvalue weighted by atomic mass is 35.5. The van der Waals surface area contributed by atoms with Crippen molar-refractivity contribution >= 4 is 29.1 Å². The maximum Gasteiger partial charge on any atom is 0.417 e. The van der Waals surface area contributed by atoms with Crippen LogP contribution in [0, 0.1) is 5.92 Å². The van der Waals surface area contributed by atoms with E-state index in [0.717, 1.165) is 17.7 Å². The number of carbonyl (C=O) groups excluding carboxylic acids is 2. The minimum Gasteiger partial charge on any atom is -0.339 e. The zero-order chi connectivity index (χ0) is 23.7. The first-order valence-electron chi connectivity index (χ1n) is 10.4. The quantitative estimate of drug-likeness (QED) is 0.590. The van der Waals surface area contributed by atoms with Crippen LogP contribution in [0.15, 0.2) is 42.5 Å². The molecule has 0 spiro atoms. The molecule has 0 aromatic heterocycles. The monoisotopic (exact) mass is 466 g/mol. The molecule has 0 aliphatic carbocycles. The van der Waals surface area contributed by atoms with Gasteiger partial charge in [0.15, 0.2) is 0 Å².